The zero-order chi connectivity index (χ0) is 20.4. The van der Waals surface area contributed by atoms with Gasteiger partial charge in [-0.2, -0.15) is 0 Å². The molecule has 1 aliphatic heterocycles. The van der Waals surface area contributed by atoms with Gasteiger partial charge in [0, 0.05) is 44.1 Å². The van der Waals surface area contributed by atoms with Gasteiger partial charge in [0.2, 0.25) is 5.91 Å². The number of rotatable bonds is 5. The Kier molecular flexibility index (Phi) is 9.76. The van der Waals surface area contributed by atoms with Crippen LogP contribution in [0.4, 0.5) is 0 Å². The van der Waals surface area contributed by atoms with E-state index in [9.17, 15) is 9.90 Å². The molecule has 0 aliphatic carbocycles. The Morgan fingerprint density at radius 2 is 1.59 bits per heavy atom. The Morgan fingerprint density at radius 3 is 2.04 bits per heavy atom. The number of halogens is 1. The van der Waals surface area contributed by atoms with Gasteiger partial charge >= 0.3 is 11.9 Å². The summed E-state index contributed by atoms with van der Waals surface area (Å²) in [5.74, 6) is -2.78. The highest BCUT2D eigenvalue weighted by molar-refractivity contribution is 9.10. The highest BCUT2D eigenvalue weighted by Crippen LogP contribution is 2.16. The van der Waals surface area contributed by atoms with Gasteiger partial charge in [-0.15, -0.1) is 0 Å². The van der Waals surface area contributed by atoms with Crippen LogP contribution in [-0.2, 0) is 14.4 Å². The Labute approximate surface area is 165 Å². The number of carboxylic acids is 2. The molecule has 1 saturated heterocycles. The molecule has 0 bridgehead atoms. The fourth-order valence-corrected chi connectivity index (χ4v) is 2.58. The number of amides is 1. The second-order valence-electron chi connectivity index (χ2n) is 5.84. The molecular formula is C17H23BrN2O7. The zero-order valence-electron chi connectivity index (χ0n) is 14.9. The second-order valence-corrected chi connectivity index (χ2v) is 6.75. The molecule has 0 radical (unpaired) electrons. The monoisotopic (exact) mass is 446 g/mol. The van der Waals surface area contributed by atoms with Crippen molar-refractivity contribution in [3.63, 3.8) is 0 Å². The first-order valence-corrected chi connectivity index (χ1v) is 8.99. The first-order chi connectivity index (χ1) is 12.7. The average molecular weight is 447 g/mol. The molecule has 0 saturated carbocycles. The van der Waals surface area contributed by atoms with Crippen molar-refractivity contribution in [1.29, 1.82) is 0 Å². The number of nitrogens with zero attached hydrogens (tertiary/aromatic N) is 2. The number of piperazine rings is 1. The van der Waals surface area contributed by atoms with Crippen LogP contribution in [0.1, 0.15) is 6.92 Å². The van der Waals surface area contributed by atoms with Crippen molar-refractivity contribution in [3.05, 3.63) is 28.7 Å². The van der Waals surface area contributed by atoms with Crippen molar-refractivity contribution in [1.82, 2.24) is 9.80 Å². The number of benzene rings is 1. The molecule has 27 heavy (non-hydrogen) atoms. The number of ether oxygens (including phenoxy) is 1. The first kappa shape index (κ1) is 22.9. The molecule has 1 amide bonds. The number of carbonyl (C=O) groups is 3. The number of aliphatic hydroxyl groups excluding tert-OH is 1. The first-order valence-electron chi connectivity index (χ1n) is 8.19. The fraction of sp³-hybridized carbons (Fsp3) is 0.471. The summed E-state index contributed by atoms with van der Waals surface area (Å²) in [7, 11) is 0. The van der Waals surface area contributed by atoms with Crippen molar-refractivity contribution in [2.24, 2.45) is 0 Å². The summed E-state index contributed by atoms with van der Waals surface area (Å²) in [6.07, 6.45) is -0.530. The van der Waals surface area contributed by atoms with E-state index in [0.717, 1.165) is 36.4 Å². The summed E-state index contributed by atoms with van der Waals surface area (Å²) in [6.45, 7) is 5.50. The summed E-state index contributed by atoms with van der Waals surface area (Å²) in [4.78, 5) is 33.4. The summed E-state index contributed by atoms with van der Waals surface area (Å²) in [5.41, 5.74) is 0. The lowest BCUT2D eigenvalue weighted by Crippen LogP contribution is -2.50. The van der Waals surface area contributed by atoms with Crippen molar-refractivity contribution in [2.45, 2.75) is 13.0 Å². The molecule has 9 nitrogen and oxygen atoms in total. The topological polar surface area (TPSA) is 128 Å². The van der Waals surface area contributed by atoms with Crippen LogP contribution in [0.3, 0.4) is 0 Å². The van der Waals surface area contributed by atoms with E-state index in [4.69, 9.17) is 24.5 Å². The second kappa shape index (κ2) is 11.5. The molecule has 150 valence electrons. The minimum Gasteiger partial charge on any atom is -0.491 e. The molecule has 2 rings (SSSR count). The van der Waals surface area contributed by atoms with Crippen LogP contribution in [0.15, 0.2) is 28.7 Å². The number of carboxylic acid groups (broad SMARTS) is 2. The Balaban J connectivity index is 0.000000527. The van der Waals surface area contributed by atoms with E-state index in [1.165, 1.54) is 0 Å². The molecule has 10 heteroatoms. The SMILES string of the molecule is CC(=O)N1CCN(CC(O)COc2ccc(Br)cc2)CC1.O=C(O)C(=O)O. The highest BCUT2D eigenvalue weighted by Gasteiger charge is 2.20. The number of aliphatic hydroxyl groups is 1. The van der Waals surface area contributed by atoms with Gasteiger partial charge < -0.3 is 25.0 Å². The molecular weight excluding hydrogens is 424 g/mol. The maximum atomic E-state index is 11.2. The van der Waals surface area contributed by atoms with Crippen LogP contribution in [0.25, 0.3) is 0 Å². The molecule has 1 aromatic carbocycles. The van der Waals surface area contributed by atoms with E-state index in [0.29, 0.717) is 6.54 Å². The zero-order valence-corrected chi connectivity index (χ0v) is 16.5. The van der Waals surface area contributed by atoms with Crippen molar-refractivity contribution >= 4 is 33.8 Å². The van der Waals surface area contributed by atoms with E-state index < -0.39 is 18.0 Å². The Hall–Kier alpha value is -2.17. The largest absolute Gasteiger partial charge is 0.491 e. The third kappa shape index (κ3) is 9.36. The maximum Gasteiger partial charge on any atom is 0.414 e. The van der Waals surface area contributed by atoms with Crippen LogP contribution in [0, 0.1) is 0 Å². The quantitative estimate of drug-likeness (QED) is 0.558. The molecule has 1 aromatic rings. The number of β-amino-alcohol motifs (C(OH)–C–C–N with tert-alkyl or cyclic N) is 1. The highest BCUT2D eigenvalue weighted by atomic mass is 79.9. The van der Waals surface area contributed by atoms with Gasteiger partial charge in [0.25, 0.3) is 0 Å². The van der Waals surface area contributed by atoms with E-state index in [1.807, 2.05) is 29.2 Å². The number of aliphatic carboxylic acids is 2. The molecule has 3 N–H and O–H groups in total. The summed E-state index contributed by atoms with van der Waals surface area (Å²) < 4.78 is 6.56. The van der Waals surface area contributed by atoms with Gasteiger partial charge in [-0.3, -0.25) is 9.69 Å². The fourth-order valence-electron chi connectivity index (χ4n) is 2.32. The number of carbonyl (C=O) groups excluding carboxylic acids is 1. The Bertz CT molecular complexity index is 619. The van der Waals surface area contributed by atoms with Crippen LogP contribution >= 0.6 is 15.9 Å². The molecule has 1 unspecified atom stereocenters. The lowest BCUT2D eigenvalue weighted by atomic mass is 10.2. The van der Waals surface area contributed by atoms with Crippen molar-refractivity contribution in [2.75, 3.05) is 39.3 Å². The van der Waals surface area contributed by atoms with Gasteiger partial charge in [-0.25, -0.2) is 9.59 Å². The van der Waals surface area contributed by atoms with E-state index in [1.54, 1.807) is 6.92 Å². The minimum absolute atomic E-state index is 0.119. The lowest BCUT2D eigenvalue weighted by molar-refractivity contribution is -0.159. The van der Waals surface area contributed by atoms with Crippen LogP contribution in [-0.4, -0.2) is 88.4 Å². The summed E-state index contributed by atoms with van der Waals surface area (Å²) >= 11 is 3.37. The normalized spacial score (nSPS) is 15.3. The van der Waals surface area contributed by atoms with E-state index in [2.05, 4.69) is 20.8 Å². The lowest BCUT2D eigenvalue weighted by Gasteiger charge is -2.35. The third-order valence-corrected chi connectivity index (χ3v) is 4.25. The molecule has 1 atom stereocenters. The van der Waals surface area contributed by atoms with E-state index >= 15 is 0 Å². The average Bonchev–Trinajstić information content (AvgIpc) is 2.62. The van der Waals surface area contributed by atoms with Crippen molar-refractivity contribution < 1.29 is 34.4 Å². The van der Waals surface area contributed by atoms with Crippen LogP contribution < -0.4 is 4.74 Å². The molecule has 1 fully saturated rings. The van der Waals surface area contributed by atoms with Crippen LogP contribution in [0.5, 0.6) is 5.75 Å². The Morgan fingerprint density at radius 1 is 1.07 bits per heavy atom. The molecule has 0 aromatic heterocycles. The number of hydrogen-bond acceptors (Lipinski definition) is 6. The van der Waals surface area contributed by atoms with Crippen LogP contribution in [0.2, 0.25) is 0 Å². The summed E-state index contributed by atoms with van der Waals surface area (Å²) in [6, 6.07) is 7.54. The predicted octanol–water partition coefficient (Wildman–Crippen LogP) is 0.508. The van der Waals surface area contributed by atoms with Gasteiger partial charge in [0.1, 0.15) is 18.5 Å². The van der Waals surface area contributed by atoms with E-state index in [-0.39, 0.29) is 12.5 Å². The number of hydrogen-bond donors (Lipinski definition) is 3. The van der Waals surface area contributed by atoms with Gasteiger partial charge in [0.05, 0.1) is 0 Å². The predicted molar refractivity (Wildman–Crippen MR) is 99.6 cm³/mol. The third-order valence-electron chi connectivity index (χ3n) is 3.73. The van der Waals surface area contributed by atoms with Crippen molar-refractivity contribution in [3.8, 4) is 5.75 Å². The summed E-state index contributed by atoms with van der Waals surface area (Å²) in [5, 5.41) is 24.8. The minimum atomic E-state index is -1.82. The smallest absolute Gasteiger partial charge is 0.414 e. The van der Waals surface area contributed by atoms with Gasteiger partial charge in [0.15, 0.2) is 0 Å². The standard InChI is InChI=1S/C15H21BrN2O3.C2H2O4/c1-12(19)18-8-6-17(7-9-18)10-14(20)11-21-15-4-2-13(16)3-5-15;3-1(4)2(5)6/h2-5,14,20H,6-11H2,1H3;(H,3,4)(H,5,6). The molecule has 1 aliphatic rings. The maximum absolute atomic E-state index is 11.2. The van der Waals surface area contributed by atoms with Gasteiger partial charge in [-0.05, 0) is 24.3 Å². The molecule has 0 spiro atoms. The molecule has 1 heterocycles. The van der Waals surface area contributed by atoms with Gasteiger partial charge in [-0.1, -0.05) is 15.9 Å².